The lowest BCUT2D eigenvalue weighted by atomic mass is 9.49. The summed E-state index contributed by atoms with van der Waals surface area (Å²) in [5, 5.41) is 0.135. The Kier molecular flexibility index (Phi) is 6.44. The molecule has 0 unspecified atom stereocenters. The van der Waals surface area contributed by atoms with Crippen LogP contribution in [0.1, 0.15) is 52.4 Å². The predicted molar refractivity (Wildman–Crippen MR) is 119 cm³/mol. The van der Waals surface area contributed by atoms with E-state index in [1.807, 2.05) is 0 Å². The number of halogens is 2. The van der Waals surface area contributed by atoms with E-state index in [1.54, 1.807) is 13.0 Å². The average Bonchev–Trinajstić information content (AvgIpc) is 2.76. The van der Waals surface area contributed by atoms with Gasteiger partial charge < -0.3 is 14.4 Å². The van der Waals surface area contributed by atoms with Crippen molar-refractivity contribution >= 4 is 33.3 Å². The van der Waals surface area contributed by atoms with E-state index in [0.29, 0.717) is 18.5 Å². The van der Waals surface area contributed by atoms with Crippen LogP contribution in [0.5, 0.6) is 5.75 Å². The second-order valence-electron chi connectivity index (χ2n) is 8.83. The average molecular weight is 487 g/mol. The van der Waals surface area contributed by atoms with Crippen LogP contribution in [0.2, 0.25) is 5.02 Å². The summed E-state index contributed by atoms with van der Waals surface area (Å²) in [4.78, 5) is 13.7. The number of nitrogens with one attached hydrogen (secondary N) is 1. The minimum Gasteiger partial charge on any atom is -0.461 e. The van der Waals surface area contributed by atoms with Gasteiger partial charge in [0.1, 0.15) is 16.9 Å². The second-order valence-corrected chi connectivity index (χ2v) is 10.9. The molecule has 32 heavy (non-hydrogen) atoms. The van der Waals surface area contributed by atoms with Crippen LogP contribution in [0.3, 0.4) is 0 Å². The van der Waals surface area contributed by atoms with Gasteiger partial charge in [0.15, 0.2) is 0 Å². The molecule has 1 aromatic carbocycles. The highest BCUT2D eigenvalue weighted by Gasteiger charge is 2.61. The zero-order valence-corrected chi connectivity index (χ0v) is 19.8. The van der Waals surface area contributed by atoms with Gasteiger partial charge >= 0.3 is 5.97 Å². The Bertz CT molecular complexity index is 1030. The molecule has 0 saturated heterocycles. The van der Waals surface area contributed by atoms with Crippen LogP contribution in [-0.2, 0) is 19.6 Å². The third-order valence-electron chi connectivity index (χ3n) is 6.56. The van der Waals surface area contributed by atoms with Gasteiger partial charge in [-0.15, -0.1) is 0 Å². The number of carbonyl (C=O) groups is 1. The van der Waals surface area contributed by atoms with E-state index < -0.39 is 21.8 Å². The highest BCUT2D eigenvalue weighted by Crippen LogP contribution is 2.62. The van der Waals surface area contributed by atoms with Gasteiger partial charge in [-0.25, -0.2) is 17.9 Å². The molecule has 1 atom stereocenters. The molecule has 7 nitrogen and oxygen atoms in total. The fraction of sp³-hybridized carbons (Fsp3) is 0.591. The first-order valence-electron chi connectivity index (χ1n) is 11.0. The molecule has 0 aromatic heterocycles. The Morgan fingerprint density at radius 1 is 1.34 bits per heavy atom. The van der Waals surface area contributed by atoms with Gasteiger partial charge in [0.05, 0.1) is 17.3 Å². The lowest BCUT2D eigenvalue weighted by Crippen LogP contribution is -2.69. The van der Waals surface area contributed by atoms with Crippen LogP contribution in [-0.4, -0.2) is 39.1 Å². The van der Waals surface area contributed by atoms with Crippen molar-refractivity contribution in [2.45, 2.75) is 68.8 Å². The molecule has 1 aromatic rings. The summed E-state index contributed by atoms with van der Waals surface area (Å²) in [6.07, 6.45) is 6.36. The van der Waals surface area contributed by atoms with Gasteiger partial charge in [-0.3, -0.25) is 0 Å². The van der Waals surface area contributed by atoms with Crippen LogP contribution in [0.25, 0.3) is 0 Å². The number of ether oxygens (including phenoxy) is 2. The number of sulfonamides is 1. The van der Waals surface area contributed by atoms with Crippen molar-refractivity contribution in [3.8, 4) is 5.75 Å². The molecule has 10 heteroatoms. The summed E-state index contributed by atoms with van der Waals surface area (Å²) >= 11 is 6.41. The van der Waals surface area contributed by atoms with Crippen LogP contribution in [0.4, 0.5) is 10.1 Å². The van der Waals surface area contributed by atoms with Crippen LogP contribution >= 0.6 is 11.6 Å². The van der Waals surface area contributed by atoms with Gasteiger partial charge in [0.25, 0.3) is 0 Å². The Morgan fingerprint density at radius 2 is 2.06 bits per heavy atom. The number of rotatable bonds is 8. The van der Waals surface area contributed by atoms with Crippen molar-refractivity contribution in [2.75, 3.05) is 18.1 Å². The third kappa shape index (κ3) is 4.22. The van der Waals surface area contributed by atoms with Gasteiger partial charge in [-0.1, -0.05) is 31.4 Å². The molecule has 0 amide bonds. The van der Waals surface area contributed by atoms with Gasteiger partial charge in [-0.05, 0) is 44.6 Å². The topological polar surface area (TPSA) is 84.9 Å². The number of esters is 1. The number of hydrogen-bond acceptors (Lipinski definition) is 6. The molecule has 2 bridgehead atoms. The highest BCUT2D eigenvalue weighted by molar-refractivity contribution is 7.89. The smallest absolute Gasteiger partial charge is 0.370 e. The molecule has 5 rings (SSSR count). The number of hydrogen-bond donors (Lipinski definition) is 1. The Hall–Kier alpha value is -1.84. The first-order valence-corrected chi connectivity index (χ1v) is 12.9. The van der Waals surface area contributed by atoms with Gasteiger partial charge in [-0.2, -0.15) is 4.39 Å². The number of benzene rings is 1. The number of anilines is 1. The molecule has 3 aliphatic carbocycles. The van der Waals surface area contributed by atoms with Crippen molar-refractivity contribution in [1.29, 1.82) is 0 Å². The van der Waals surface area contributed by atoms with Crippen LogP contribution < -0.4 is 14.4 Å². The van der Waals surface area contributed by atoms with Crippen LogP contribution in [0, 0.1) is 5.92 Å². The molecule has 0 spiro atoms. The Labute approximate surface area is 192 Å². The highest BCUT2D eigenvalue weighted by atomic mass is 35.5. The fourth-order valence-electron chi connectivity index (χ4n) is 4.86. The van der Waals surface area contributed by atoms with E-state index in [1.165, 1.54) is 6.07 Å². The zero-order valence-electron chi connectivity index (χ0n) is 18.2. The number of nitrogens with zero attached hydrogens (tertiary/aromatic N) is 1. The molecule has 1 N–H and O–H groups in total. The van der Waals surface area contributed by atoms with E-state index in [2.05, 4.69) is 21.3 Å². The number of carbonyl (C=O) groups excluding carboxylic acids is 1. The minimum atomic E-state index is -3.86. The maximum Gasteiger partial charge on any atom is 0.370 e. The lowest BCUT2D eigenvalue weighted by molar-refractivity contribution is -0.140. The second kappa shape index (κ2) is 8.83. The maximum absolute atomic E-state index is 13.9. The fourth-order valence-corrected chi connectivity index (χ4v) is 6.52. The molecule has 3 saturated carbocycles. The normalized spacial score (nSPS) is 28.1. The summed E-state index contributed by atoms with van der Waals surface area (Å²) in [7, 11) is -3.86. The van der Waals surface area contributed by atoms with E-state index in [-0.39, 0.29) is 33.9 Å². The molecule has 1 heterocycles. The van der Waals surface area contributed by atoms with E-state index in [4.69, 9.17) is 16.3 Å². The summed E-state index contributed by atoms with van der Waals surface area (Å²) < 4.78 is 53.0. The van der Waals surface area contributed by atoms with Crippen molar-refractivity contribution in [2.24, 2.45) is 5.92 Å². The summed E-state index contributed by atoms with van der Waals surface area (Å²) in [5.74, 6) is -1.75. The van der Waals surface area contributed by atoms with Crippen LogP contribution in [0.15, 0.2) is 29.1 Å². The standard InChI is InChI=1S/C22H28ClFN2O5S/c1-3-5-6-15-12-26(22-9-14(10-22)11-22)18-7-16(23)19(8-20(18)32(28,29)25-15)31-13-17(24)21(27)30-4-2/h7-8,13-15,25H,3-6,9-12H2,1-2H3/b17-13-/t14?,15-,22?/m1/s1. The monoisotopic (exact) mass is 486 g/mol. The molecular formula is C22H28ClFN2O5S. The predicted octanol–water partition coefficient (Wildman–Crippen LogP) is 4.30. The molecule has 0 radical (unpaired) electrons. The first kappa shape index (κ1) is 23.3. The summed E-state index contributed by atoms with van der Waals surface area (Å²) in [5.41, 5.74) is 0.523. The van der Waals surface area contributed by atoms with E-state index in [9.17, 15) is 17.6 Å². The SMILES string of the molecule is CCCC[C@@H]1CN(C23CC(C2)C3)c2cc(Cl)c(O/C=C(\F)C(=O)OCC)cc2S(=O)(=O)N1. The molecule has 1 aliphatic heterocycles. The molecular weight excluding hydrogens is 459 g/mol. The lowest BCUT2D eigenvalue weighted by Gasteiger charge is -2.67. The largest absolute Gasteiger partial charge is 0.461 e. The molecule has 3 fully saturated rings. The van der Waals surface area contributed by atoms with E-state index >= 15 is 0 Å². The zero-order chi connectivity index (χ0) is 23.1. The van der Waals surface area contributed by atoms with Gasteiger partial charge in [0.2, 0.25) is 15.9 Å². The summed E-state index contributed by atoms with van der Waals surface area (Å²) in [6, 6.07) is 2.66. The van der Waals surface area contributed by atoms with Gasteiger partial charge in [0, 0.05) is 24.2 Å². The van der Waals surface area contributed by atoms with E-state index in [0.717, 1.165) is 44.4 Å². The number of unbranched alkanes of at least 4 members (excludes halogenated alkanes) is 1. The van der Waals surface area contributed by atoms with Crippen molar-refractivity contribution in [3.63, 3.8) is 0 Å². The molecule has 4 aliphatic rings. The summed E-state index contributed by atoms with van der Waals surface area (Å²) in [6.45, 7) is 4.22. The quantitative estimate of drug-likeness (QED) is 0.335. The molecule has 176 valence electrons. The Balaban J connectivity index is 1.70. The third-order valence-corrected chi connectivity index (χ3v) is 8.41. The van der Waals surface area contributed by atoms with Crippen molar-refractivity contribution < 1.29 is 27.1 Å². The first-order chi connectivity index (χ1) is 15.2. The maximum atomic E-state index is 13.9. The Morgan fingerprint density at radius 3 is 2.66 bits per heavy atom. The van der Waals surface area contributed by atoms with Crippen molar-refractivity contribution in [3.05, 3.63) is 29.2 Å². The minimum absolute atomic E-state index is 0.0151. The van der Waals surface area contributed by atoms with Crippen molar-refractivity contribution in [1.82, 2.24) is 4.72 Å². The number of fused-ring (bicyclic) bond motifs is 1.